The van der Waals surface area contributed by atoms with Crippen molar-refractivity contribution in [3.8, 4) is 17.7 Å². The second kappa shape index (κ2) is 7.35. The number of benzene rings is 1. The highest BCUT2D eigenvalue weighted by Gasteiger charge is 2.18. The van der Waals surface area contributed by atoms with Crippen molar-refractivity contribution in [1.82, 2.24) is 9.55 Å². The van der Waals surface area contributed by atoms with Gasteiger partial charge in [-0.25, -0.2) is 4.98 Å². The van der Waals surface area contributed by atoms with Crippen LogP contribution in [0.2, 0.25) is 0 Å². The van der Waals surface area contributed by atoms with Gasteiger partial charge in [-0.05, 0) is 44.4 Å². The lowest BCUT2D eigenvalue weighted by Crippen LogP contribution is -2.27. The van der Waals surface area contributed by atoms with Crippen LogP contribution in [0.15, 0.2) is 35.1 Å². The predicted molar refractivity (Wildman–Crippen MR) is 94.7 cm³/mol. The Morgan fingerprint density at radius 2 is 2.08 bits per heavy atom. The molecule has 1 aliphatic carbocycles. The maximum atomic E-state index is 12.4. The molecule has 1 saturated carbocycles. The number of ether oxygens (including phenoxy) is 1. The summed E-state index contributed by atoms with van der Waals surface area (Å²) in [6.45, 7) is 3.59. The first-order valence-electron chi connectivity index (χ1n) is 8.36. The summed E-state index contributed by atoms with van der Waals surface area (Å²) in [7, 11) is 0. The molecule has 5 heteroatoms. The minimum absolute atomic E-state index is 0.116. The minimum Gasteiger partial charge on any atom is -0.470 e. The Labute approximate surface area is 146 Å². The monoisotopic (exact) mass is 336 g/mol. The number of hydrogen-bond acceptors (Lipinski definition) is 4. The number of nitrogens with zero attached hydrogens (tertiary/aromatic N) is 2. The lowest BCUT2D eigenvalue weighted by molar-refractivity contribution is -0.109. The Bertz CT molecular complexity index is 884. The molecule has 1 aromatic carbocycles. The normalized spacial score (nSPS) is 14.3. The zero-order valence-corrected chi connectivity index (χ0v) is 14.4. The standard InChI is InChI=1S/C20H20N2O3/c1-14(18-9-7-17(8-10-18)6-5-16-3-4-16)22-15(2)21-19(13-20(22)24)25-12-11-23/h7-11,13-14,16H,3-4,12H2,1-2H3. The number of aromatic nitrogens is 2. The molecule has 0 N–H and O–H groups in total. The first kappa shape index (κ1) is 17.0. The highest BCUT2D eigenvalue weighted by Crippen LogP contribution is 2.27. The molecule has 2 aromatic rings. The van der Waals surface area contributed by atoms with Crippen LogP contribution >= 0.6 is 0 Å². The summed E-state index contributed by atoms with van der Waals surface area (Å²) in [5.74, 6) is 7.71. The van der Waals surface area contributed by atoms with Gasteiger partial charge in [0.15, 0.2) is 6.29 Å². The minimum atomic E-state index is -0.210. The fourth-order valence-corrected chi connectivity index (χ4v) is 2.65. The third kappa shape index (κ3) is 4.16. The zero-order valence-electron chi connectivity index (χ0n) is 14.4. The molecule has 1 aromatic heterocycles. The van der Waals surface area contributed by atoms with E-state index in [1.807, 2.05) is 31.2 Å². The number of carbonyl (C=O) groups excluding carboxylic acids is 1. The van der Waals surface area contributed by atoms with Crippen LogP contribution in [-0.2, 0) is 4.79 Å². The molecule has 1 fully saturated rings. The van der Waals surface area contributed by atoms with E-state index < -0.39 is 0 Å². The van der Waals surface area contributed by atoms with E-state index in [2.05, 4.69) is 16.8 Å². The highest BCUT2D eigenvalue weighted by molar-refractivity contribution is 5.51. The van der Waals surface area contributed by atoms with Crippen LogP contribution in [-0.4, -0.2) is 22.4 Å². The molecule has 1 heterocycles. The van der Waals surface area contributed by atoms with Gasteiger partial charge in [0.05, 0.1) is 12.1 Å². The molecular weight excluding hydrogens is 316 g/mol. The lowest BCUT2D eigenvalue weighted by Gasteiger charge is -2.18. The Morgan fingerprint density at radius 3 is 2.68 bits per heavy atom. The van der Waals surface area contributed by atoms with Gasteiger partial charge < -0.3 is 4.74 Å². The average Bonchev–Trinajstić information content (AvgIpc) is 3.42. The fourth-order valence-electron chi connectivity index (χ4n) is 2.65. The summed E-state index contributed by atoms with van der Waals surface area (Å²) in [5.41, 5.74) is 1.78. The number of aryl methyl sites for hydroxylation is 1. The number of hydrogen-bond donors (Lipinski definition) is 0. The summed E-state index contributed by atoms with van der Waals surface area (Å²) >= 11 is 0. The van der Waals surface area contributed by atoms with Crippen LogP contribution in [0.5, 0.6) is 5.88 Å². The number of carbonyl (C=O) groups is 1. The SMILES string of the molecule is Cc1nc(OCC=O)cc(=O)n1C(C)c1ccc(C#CC2CC2)cc1. The first-order valence-corrected chi connectivity index (χ1v) is 8.36. The molecule has 1 unspecified atom stereocenters. The van der Waals surface area contributed by atoms with E-state index in [9.17, 15) is 9.59 Å². The van der Waals surface area contributed by atoms with Gasteiger partial charge in [0.2, 0.25) is 5.88 Å². The first-order chi connectivity index (χ1) is 12.1. The van der Waals surface area contributed by atoms with Crippen molar-refractivity contribution in [2.24, 2.45) is 5.92 Å². The van der Waals surface area contributed by atoms with Gasteiger partial charge in [-0.15, -0.1) is 0 Å². The molecule has 128 valence electrons. The molecular formula is C20H20N2O3. The quantitative estimate of drug-likeness (QED) is 0.622. The summed E-state index contributed by atoms with van der Waals surface area (Å²) in [4.78, 5) is 27.1. The van der Waals surface area contributed by atoms with E-state index in [1.54, 1.807) is 11.5 Å². The second-order valence-corrected chi connectivity index (χ2v) is 6.17. The van der Waals surface area contributed by atoms with E-state index in [1.165, 1.54) is 18.9 Å². The van der Waals surface area contributed by atoms with E-state index in [0.717, 1.165) is 11.1 Å². The van der Waals surface area contributed by atoms with E-state index in [0.29, 0.717) is 18.0 Å². The maximum Gasteiger partial charge on any atom is 0.257 e. The molecule has 3 rings (SSSR count). The molecule has 25 heavy (non-hydrogen) atoms. The molecule has 0 saturated heterocycles. The number of aldehydes is 1. The van der Waals surface area contributed by atoms with Crippen molar-refractivity contribution < 1.29 is 9.53 Å². The maximum absolute atomic E-state index is 12.4. The third-order valence-electron chi connectivity index (χ3n) is 4.18. The van der Waals surface area contributed by atoms with Gasteiger partial charge in [0.25, 0.3) is 5.56 Å². The topological polar surface area (TPSA) is 61.2 Å². The smallest absolute Gasteiger partial charge is 0.257 e. The van der Waals surface area contributed by atoms with Gasteiger partial charge in [-0.3, -0.25) is 14.2 Å². The Morgan fingerprint density at radius 1 is 1.36 bits per heavy atom. The van der Waals surface area contributed by atoms with Crippen molar-refractivity contribution in [2.75, 3.05) is 6.61 Å². The Balaban J connectivity index is 1.82. The molecule has 0 spiro atoms. The molecule has 1 atom stereocenters. The summed E-state index contributed by atoms with van der Waals surface area (Å²) in [6, 6.07) is 9.09. The Kier molecular flexibility index (Phi) is 4.99. The van der Waals surface area contributed by atoms with E-state index in [-0.39, 0.29) is 24.1 Å². The van der Waals surface area contributed by atoms with E-state index in [4.69, 9.17) is 4.74 Å². The molecule has 0 amide bonds. The third-order valence-corrected chi connectivity index (χ3v) is 4.18. The highest BCUT2D eigenvalue weighted by atomic mass is 16.5. The van der Waals surface area contributed by atoms with Crippen LogP contribution in [0.4, 0.5) is 0 Å². The average molecular weight is 336 g/mol. The van der Waals surface area contributed by atoms with Crippen molar-refractivity contribution in [2.45, 2.75) is 32.7 Å². The molecule has 0 aliphatic heterocycles. The summed E-state index contributed by atoms with van der Waals surface area (Å²) in [6.07, 6.45) is 3.05. The van der Waals surface area contributed by atoms with E-state index >= 15 is 0 Å². The van der Waals surface area contributed by atoms with Crippen molar-refractivity contribution in [3.63, 3.8) is 0 Å². The van der Waals surface area contributed by atoms with Crippen LogP contribution in [0.25, 0.3) is 0 Å². The van der Waals surface area contributed by atoms with Crippen molar-refractivity contribution in [3.05, 3.63) is 57.6 Å². The largest absolute Gasteiger partial charge is 0.470 e. The van der Waals surface area contributed by atoms with Gasteiger partial charge in [0.1, 0.15) is 12.4 Å². The van der Waals surface area contributed by atoms with Gasteiger partial charge in [-0.1, -0.05) is 24.0 Å². The number of rotatable bonds is 5. The predicted octanol–water partition coefficient (Wildman–Crippen LogP) is 2.50. The van der Waals surface area contributed by atoms with Crippen LogP contribution in [0, 0.1) is 24.7 Å². The summed E-state index contributed by atoms with van der Waals surface area (Å²) < 4.78 is 6.73. The molecule has 1 aliphatic rings. The van der Waals surface area contributed by atoms with Gasteiger partial charge in [0, 0.05) is 11.5 Å². The molecule has 5 nitrogen and oxygen atoms in total. The Hall–Kier alpha value is -2.87. The second-order valence-electron chi connectivity index (χ2n) is 6.17. The zero-order chi connectivity index (χ0) is 17.8. The van der Waals surface area contributed by atoms with Crippen molar-refractivity contribution in [1.29, 1.82) is 0 Å². The van der Waals surface area contributed by atoms with Crippen LogP contribution < -0.4 is 10.3 Å². The van der Waals surface area contributed by atoms with Gasteiger partial charge in [-0.2, -0.15) is 0 Å². The van der Waals surface area contributed by atoms with Gasteiger partial charge >= 0.3 is 0 Å². The molecule has 0 radical (unpaired) electrons. The summed E-state index contributed by atoms with van der Waals surface area (Å²) in [5, 5.41) is 0. The molecule has 0 bridgehead atoms. The van der Waals surface area contributed by atoms with Crippen LogP contribution in [0.1, 0.15) is 42.8 Å². The lowest BCUT2D eigenvalue weighted by atomic mass is 10.1. The van der Waals surface area contributed by atoms with Crippen LogP contribution in [0.3, 0.4) is 0 Å². The van der Waals surface area contributed by atoms with Crippen molar-refractivity contribution >= 4 is 6.29 Å². The fraction of sp³-hybridized carbons (Fsp3) is 0.350.